The van der Waals surface area contributed by atoms with Crippen LogP contribution in [0.15, 0.2) is 0 Å². The van der Waals surface area contributed by atoms with Gasteiger partial charge in [-0.05, 0) is 31.6 Å². The molecule has 2 atom stereocenters. The maximum atomic E-state index is 12.1. The van der Waals surface area contributed by atoms with Crippen molar-refractivity contribution in [3.63, 3.8) is 0 Å². The summed E-state index contributed by atoms with van der Waals surface area (Å²) in [5.41, 5.74) is -0.753. The van der Waals surface area contributed by atoms with E-state index in [1.165, 1.54) is 0 Å². The molecule has 0 spiro atoms. The summed E-state index contributed by atoms with van der Waals surface area (Å²) >= 11 is 0. The summed E-state index contributed by atoms with van der Waals surface area (Å²) in [4.78, 5) is 24.9. The quantitative estimate of drug-likeness (QED) is 0.820. The Morgan fingerprint density at radius 2 is 1.94 bits per heavy atom. The van der Waals surface area contributed by atoms with E-state index in [1.54, 1.807) is 11.8 Å². The maximum absolute atomic E-state index is 12.1. The molecule has 0 aromatic carbocycles. The summed E-state index contributed by atoms with van der Waals surface area (Å²) in [6.45, 7) is 9.05. The minimum Gasteiger partial charge on any atom is -0.481 e. The fourth-order valence-corrected chi connectivity index (χ4v) is 2.66. The van der Waals surface area contributed by atoms with Crippen LogP contribution in [-0.4, -0.2) is 35.0 Å². The van der Waals surface area contributed by atoms with Crippen molar-refractivity contribution in [1.29, 1.82) is 0 Å². The molecule has 1 fully saturated rings. The third kappa shape index (κ3) is 3.72. The standard InChI is InChI=1S/C14H25NO3/c1-10(2)7-11(3)8-12(16)15-6-5-14(4,9-15)13(17)18/h10-11H,5-9H2,1-4H3,(H,17,18). The average molecular weight is 255 g/mol. The zero-order valence-electron chi connectivity index (χ0n) is 11.9. The van der Waals surface area contributed by atoms with Crippen LogP contribution in [0.3, 0.4) is 0 Å². The molecule has 1 aliphatic rings. The highest BCUT2D eigenvalue weighted by molar-refractivity contribution is 5.80. The van der Waals surface area contributed by atoms with Crippen molar-refractivity contribution in [2.24, 2.45) is 17.3 Å². The normalized spacial score (nSPS) is 25.5. The molecule has 0 saturated carbocycles. The molecular formula is C14H25NO3. The first-order chi connectivity index (χ1) is 8.24. The number of carbonyl (C=O) groups is 2. The predicted octanol–water partition coefficient (Wildman–Crippen LogP) is 2.38. The molecule has 4 heteroatoms. The van der Waals surface area contributed by atoms with Crippen molar-refractivity contribution in [2.75, 3.05) is 13.1 Å². The van der Waals surface area contributed by atoms with E-state index in [0.29, 0.717) is 37.8 Å². The summed E-state index contributed by atoms with van der Waals surface area (Å²) in [5, 5.41) is 9.13. The Labute approximate surface area is 109 Å². The van der Waals surface area contributed by atoms with E-state index in [4.69, 9.17) is 5.11 Å². The van der Waals surface area contributed by atoms with Crippen molar-refractivity contribution in [2.45, 2.75) is 47.0 Å². The van der Waals surface area contributed by atoms with Crippen LogP contribution < -0.4 is 0 Å². The first-order valence-corrected chi connectivity index (χ1v) is 6.76. The maximum Gasteiger partial charge on any atom is 0.311 e. The Hall–Kier alpha value is -1.06. The van der Waals surface area contributed by atoms with E-state index in [2.05, 4.69) is 20.8 Å². The van der Waals surface area contributed by atoms with Gasteiger partial charge in [-0.15, -0.1) is 0 Å². The van der Waals surface area contributed by atoms with E-state index in [9.17, 15) is 9.59 Å². The van der Waals surface area contributed by atoms with Crippen LogP contribution >= 0.6 is 0 Å². The van der Waals surface area contributed by atoms with E-state index in [-0.39, 0.29) is 5.91 Å². The van der Waals surface area contributed by atoms with Gasteiger partial charge in [0.1, 0.15) is 0 Å². The summed E-state index contributed by atoms with van der Waals surface area (Å²) in [6, 6.07) is 0. The molecule has 104 valence electrons. The zero-order chi connectivity index (χ0) is 13.9. The molecule has 0 aromatic rings. The summed E-state index contributed by atoms with van der Waals surface area (Å²) in [7, 11) is 0. The number of rotatable bonds is 5. The number of hydrogen-bond acceptors (Lipinski definition) is 2. The molecule has 0 aliphatic carbocycles. The van der Waals surface area contributed by atoms with Gasteiger partial charge in [-0.3, -0.25) is 9.59 Å². The molecule has 2 unspecified atom stereocenters. The first kappa shape index (κ1) is 15.0. The van der Waals surface area contributed by atoms with Gasteiger partial charge in [0.15, 0.2) is 0 Å². The topological polar surface area (TPSA) is 57.6 Å². The smallest absolute Gasteiger partial charge is 0.311 e. The number of carboxylic acid groups (broad SMARTS) is 1. The molecule has 1 rings (SSSR count). The molecule has 4 nitrogen and oxygen atoms in total. The molecule has 1 saturated heterocycles. The molecule has 1 heterocycles. The van der Waals surface area contributed by atoms with Gasteiger partial charge in [-0.2, -0.15) is 0 Å². The fraction of sp³-hybridized carbons (Fsp3) is 0.857. The highest BCUT2D eigenvalue weighted by Crippen LogP contribution is 2.31. The van der Waals surface area contributed by atoms with E-state index in [0.717, 1.165) is 6.42 Å². The summed E-state index contributed by atoms with van der Waals surface area (Å²) in [5.74, 6) is 0.269. The predicted molar refractivity (Wildman–Crippen MR) is 70.2 cm³/mol. The molecule has 1 aliphatic heterocycles. The third-order valence-corrected chi connectivity index (χ3v) is 3.74. The number of amides is 1. The number of likely N-dealkylation sites (tertiary alicyclic amines) is 1. The third-order valence-electron chi connectivity index (χ3n) is 3.74. The Morgan fingerprint density at radius 1 is 1.33 bits per heavy atom. The second kappa shape index (κ2) is 5.72. The monoisotopic (exact) mass is 255 g/mol. The molecule has 1 amide bonds. The number of carboxylic acids is 1. The summed E-state index contributed by atoms with van der Waals surface area (Å²) < 4.78 is 0. The van der Waals surface area contributed by atoms with Gasteiger partial charge < -0.3 is 10.0 Å². The molecule has 0 radical (unpaired) electrons. The van der Waals surface area contributed by atoms with Crippen LogP contribution in [0, 0.1) is 17.3 Å². The van der Waals surface area contributed by atoms with Crippen LogP contribution in [0.2, 0.25) is 0 Å². The van der Waals surface area contributed by atoms with Crippen LogP contribution in [0.5, 0.6) is 0 Å². The fourth-order valence-electron chi connectivity index (χ4n) is 2.66. The molecule has 18 heavy (non-hydrogen) atoms. The van der Waals surface area contributed by atoms with Gasteiger partial charge in [-0.25, -0.2) is 0 Å². The van der Waals surface area contributed by atoms with Gasteiger partial charge in [0.25, 0.3) is 0 Å². The molecule has 0 aromatic heterocycles. The highest BCUT2D eigenvalue weighted by Gasteiger charge is 2.42. The van der Waals surface area contributed by atoms with Crippen molar-refractivity contribution < 1.29 is 14.7 Å². The van der Waals surface area contributed by atoms with Crippen molar-refractivity contribution in [3.05, 3.63) is 0 Å². The van der Waals surface area contributed by atoms with Gasteiger partial charge in [-0.1, -0.05) is 20.8 Å². The summed E-state index contributed by atoms with van der Waals surface area (Å²) in [6.07, 6.45) is 2.14. The van der Waals surface area contributed by atoms with Gasteiger partial charge >= 0.3 is 5.97 Å². The number of aliphatic carboxylic acids is 1. The second-order valence-electron chi connectivity index (χ2n) is 6.37. The minimum absolute atomic E-state index is 0.105. The Balaban J connectivity index is 2.48. The van der Waals surface area contributed by atoms with Crippen LogP contribution in [0.4, 0.5) is 0 Å². The van der Waals surface area contributed by atoms with Crippen molar-refractivity contribution in [3.8, 4) is 0 Å². The van der Waals surface area contributed by atoms with Crippen LogP contribution in [-0.2, 0) is 9.59 Å². The van der Waals surface area contributed by atoms with Gasteiger partial charge in [0.2, 0.25) is 5.91 Å². The lowest BCUT2D eigenvalue weighted by Crippen LogP contribution is -2.35. The SMILES string of the molecule is CC(C)CC(C)CC(=O)N1CCC(C)(C(=O)O)C1. The van der Waals surface area contributed by atoms with E-state index < -0.39 is 11.4 Å². The number of carbonyl (C=O) groups excluding carboxylic acids is 1. The second-order valence-corrected chi connectivity index (χ2v) is 6.37. The largest absolute Gasteiger partial charge is 0.481 e. The van der Waals surface area contributed by atoms with Crippen LogP contribution in [0.1, 0.15) is 47.0 Å². The van der Waals surface area contributed by atoms with E-state index in [1.807, 2.05) is 0 Å². The number of nitrogens with zero attached hydrogens (tertiary/aromatic N) is 1. The lowest BCUT2D eigenvalue weighted by Gasteiger charge is -2.22. The lowest BCUT2D eigenvalue weighted by atomic mass is 9.90. The average Bonchev–Trinajstić information content (AvgIpc) is 2.61. The lowest BCUT2D eigenvalue weighted by molar-refractivity contribution is -0.147. The van der Waals surface area contributed by atoms with Crippen molar-refractivity contribution >= 4 is 11.9 Å². The van der Waals surface area contributed by atoms with E-state index >= 15 is 0 Å². The first-order valence-electron chi connectivity index (χ1n) is 6.76. The van der Waals surface area contributed by atoms with Gasteiger partial charge in [0, 0.05) is 19.5 Å². The zero-order valence-corrected chi connectivity index (χ0v) is 11.9. The highest BCUT2D eigenvalue weighted by atomic mass is 16.4. The molecule has 1 N–H and O–H groups in total. The van der Waals surface area contributed by atoms with Crippen molar-refractivity contribution in [1.82, 2.24) is 4.90 Å². The molecule has 0 bridgehead atoms. The Kier molecular flexibility index (Phi) is 4.77. The number of hydrogen-bond donors (Lipinski definition) is 1. The Morgan fingerprint density at radius 3 is 2.39 bits per heavy atom. The van der Waals surface area contributed by atoms with Crippen LogP contribution in [0.25, 0.3) is 0 Å². The Bertz CT molecular complexity index is 327. The van der Waals surface area contributed by atoms with Gasteiger partial charge in [0.05, 0.1) is 5.41 Å². The minimum atomic E-state index is -0.798. The molecular weight excluding hydrogens is 230 g/mol.